The molecule has 0 atom stereocenters. The molecule has 27 heavy (non-hydrogen) atoms. The maximum absolute atomic E-state index is 11.6. The number of primary amides is 1. The highest BCUT2D eigenvalue weighted by atomic mass is 16.1. The molecule has 2 fully saturated rings. The van der Waals surface area contributed by atoms with Crippen LogP contribution in [0.4, 0.5) is 23.1 Å². The number of carbonyl (C=O) groups is 1. The van der Waals surface area contributed by atoms with Gasteiger partial charge in [-0.3, -0.25) is 4.79 Å². The van der Waals surface area contributed by atoms with Crippen LogP contribution in [0.3, 0.4) is 0 Å². The number of nitrogens with one attached hydrogen (secondary N) is 2. The van der Waals surface area contributed by atoms with Crippen molar-refractivity contribution in [3.63, 3.8) is 0 Å². The summed E-state index contributed by atoms with van der Waals surface area (Å²) in [6, 6.07) is 8.54. The van der Waals surface area contributed by atoms with Crippen molar-refractivity contribution in [1.29, 1.82) is 0 Å². The van der Waals surface area contributed by atoms with Crippen LogP contribution in [0.5, 0.6) is 0 Å². The Kier molecular flexibility index (Phi) is 5.04. The van der Waals surface area contributed by atoms with Crippen LogP contribution in [-0.2, 0) is 0 Å². The van der Waals surface area contributed by atoms with Gasteiger partial charge in [0.1, 0.15) is 0 Å². The fourth-order valence-corrected chi connectivity index (χ4v) is 3.43. The molecule has 4 N–H and O–H groups in total. The van der Waals surface area contributed by atoms with Gasteiger partial charge in [-0.2, -0.15) is 4.98 Å². The zero-order valence-electron chi connectivity index (χ0n) is 15.3. The third-order valence-electron chi connectivity index (χ3n) is 5.21. The lowest BCUT2D eigenvalue weighted by atomic mass is 9.93. The Hall–Kier alpha value is -2.90. The highest BCUT2D eigenvalue weighted by molar-refractivity contribution is 5.95. The van der Waals surface area contributed by atoms with Crippen molar-refractivity contribution in [3.05, 3.63) is 30.0 Å². The first-order chi connectivity index (χ1) is 13.2. The van der Waals surface area contributed by atoms with E-state index in [0.29, 0.717) is 17.8 Å². The van der Waals surface area contributed by atoms with E-state index in [9.17, 15) is 4.79 Å². The van der Waals surface area contributed by atoms with Gasteiger partial charge >= 0.3 is 0 Å². The van der Waals surface area contributed by atoms with Gasteiger partial charge in [-0.25, -0.2) is 0 Å². The molecule has 0 unspecified atom stereocenters. The maximum atomic E-state index is 11.6. The average molecular weight is 367 g/mol. The van der Waals surface area contributed by atoms with Crippen LogP contribution in [-0.4, -0.2) is 40.2 Å². The lowest BCUT2D eigenvalue weighted by Crippen LogP contribution is -2.30. The van der Waals surface area contributed by atoms with Crippen molar-refractivity contribution >= 4 is 29.0 Å². The minimum Gasteiger partial charge on any atom is -0.372 e. The predicted molar refractivity (Wildman–Crippen MR) is 105 cm³/mol. The normalized spacial score (nSPS) is 17.3. The zero-order chi connectivity index (χ0) is 18.6. The van der Waals surface area contributed by atoms with Gasteiger partial charge in [0.15, 0.2) is 11.5 Å². The Morgan fingerprint density at radius 2 is 1.78 bits per heavy atom. The number of amides is 1. The highest BCUT2D eigenvalue weighted by Crippen LogP contribution is 2.25. The number of carbonyl (C=O) groups excluding carboxylic acids is 1. The molecular formula is C19H25N7O. The molecule has 0 radical (unpaired) electrons. The number of aromatic nitrogens is 3. The third-order valence-corrected chi connectivity index (χ3v) is 5.21. The Morgan fingerprint density at radius 1 is 1.04 bits per heavy atom. The van der Waals surface area contributed by atoms with Crippen molar-refractivity contribution < 1.29 is 4.79 Å². The molecular weight excluding hydrogens is 342 g/mol. The summed E-state index contributed by atoms with van der Waals surface area (Å²) in [6.07, 6.45) is 7.12. The first-order valence-corrected chi connectivity index (χ1v) is 9.62. The second-order valence-electron chi connectivity index (χ2n) is 7.19. The molecule has 1 aromatic carbocycles. The van der Waals surface area contributed by atoms with Gasteiger partial charge in [0, 0.05) is 30.5 Å². The lowest BCUT2D eigenvalue weighted by molar-refractivity contribution is 0.0995. The second kappa shape index (κ2) is 7.77. The van der Waals surface area contributed by atoms with E-state index >= 15 is 0 Å². The van der Waals surface area contributed by atoms with Gasteiger partial charge in [-0.1, -0.05) is 0 Å². The summed E-state index contributed by atoms with van der Waals surface area (Å²) in [4.78, 5) is 18.4. The summed E-state index contributed by atoms with van der Waals surface area (Å²) in [6.45, 7) is 2.23. The zero-order valence-corrected chi connectivity index (χ0v) is 15.3. The van der Waals surface area contributed by atoms with E-state index in [-0.39, 0.29) is 5.69 Å². The van der Waals surface area contributed by atoms with E-state index < -0.39 is 5.91 Å². The van der Waals surface area contributed by atoms with E-state index in [1.807, 2.05) is 12.1 Å². The fraction of sp³-hybridized carbons (Fsp3) is 0.474. The molecule has 1 amide bonds. The smallest absolute Gasteiger partial charge is 0.273 e. The Morgan fingerprint density at radius 3 is 2.41 bits per heavy atom. The molecule has 1 saturated carbocycles. The molecule has 0 bridgehead atoms. The van der Waals surface area contributed by atoms with E-state index in [4.69, 9.17) is 5.73 Å². The Labute approximate surface area is 158 Å². The van der Waals surface area contributed by atoms with Gasteiger partial charge in [0.25, 0.3) is 5.91 Å². The maximum Gasteiger partial charge on any atom is 0.273 e. The minimum atomic E-state index is -0.630. The van der Waals surface area contributed by atoms with Crippen LogP contribution >= 0.6 is 0 Å². The van der Waals surface area contributed by atoms with E-state index in [1.165, 1.54) is 31.4 Å². The molecule has 8 heteroatoms. The van der Waals surface area contributed by atoms with Crippen molar-refractivity contribution in [2.75, 3.05) is 28.6 Å². The van der Waals surface area contributed by atoms with Crippen LogP contribution in [0.2, 0.25) is 0 Å². The second-order valence-corrected chi connectivity index (χ2v) is 7.19. The van der Waals surface area contributed by atoms with Crippen molar-refractivity contribution in [3.8, 4) is 0 Å². The summed E-state index contributed by atoms with van der Waals surface area (Å²) in [7, 11) is 0. The summed E-state index contributed by atoms with van der Waals surface area (Å²) >= 11 is 0. The number of hydrogen-bond acceptors (Lipinski definition) is 7. The molecule has 4 rings (SSSR count). The molecule has 2 aliphatic rings. The number of anilines is 4. The van der Waals surface area contributed by atoms with Crippen LogP contribution in [0.1, 0.15) is 49.0 Å². The highest BCUT2D eigenvalue weighted by Gasteiger charge is 2.22. The fourth-order valence-electron chi connectivity index (χ4n) is 3.43. The van der Waals surface area contributed by atoms with Gasteiger partial charge in [-0.15, -0.1) is 10.2 Å². The third kappa shape index (κ3) is 4.10. The molecule has 0 spiro atoms. The van der Waals surface area contributed by atoms with Crippen molar-refractivity contribution in [2.24, 2.45) is 5.73 Å². The first kappa shape index (κ1) is 17.5. The summed E-state index contributed by atoms with van der Waals surface area (Å²) in [5.41, 5.74) is 7.58. The molecule has 1 saturated heterocycles. The summed E-state index contributed by atoms with van der Waals surface area (Å²) in [5.74, 6) is 0.108. The molecule has 1 aromatic heterocycles. The number of benzene rings is 1. The Bertz CT molecular complexity index is 798. The molecule has 1 aliphatic carbocycles. The van der Waals surface area contributed by atoms with E-state index in [2.05, 4.69) is 42.8 Å². The number of nitrogens with zero attached hydrogens (tertiary/aromatic N) is 4. The number of nitrogens with two attached hydrogens (primary N) is 1. The standard InChI is InChI=1S/C19H25N7O/c20-17(27)16-18(21-13-5-4-6-13)23-19(25-24-16)22-14-7-9-15(10-8-14)26-11-2-1-3-12-26/h7-10,13H,1-6,11-12H2,(H2,20,27)(H2,21,22,23,25). The van der Waals surface area contributed by atoms with Crippen LogP contribution in [0, 0.1) is 0 Å². The molecule has 2 heterocycles. The molecule has 142 valence electrons. The predicted octanol–water partition coefficient (Wildman–Crippen LogP) is 2.67. The summed E-state index contributed by atoms with van der Waals surface area (Å²) < 4.78 is 0. The first-order valence-electron chi connectivity index (χ1n) is 9.62. The molecule has 8 nitrogen and oxygen atoms in total. The number of piperidine rings is 1. The monoisotopic (exact) mass is 367 g/mol. The topological polar surface area (TPSA) is 109 Å². The van der Waals surface area contributed by atoms with E-state index in [1.54, 1.807) is 0 Å². The SMILES string of the molecule is NC(=O)c1nnc(Nc2ccc(N3CCCCC3)cc2)nc1NC1CCC1. The number of rotatable bonds is 6. The average Bonchev–Trinajstić information content (AvgIpc) is 2.66. The van der Waals surface area contributed by atoms with Gasteiger partial charge < -0.3 is 21.3 Å². The van der Waals surface area contributed by atoms with Crippen LogP contribution in [0.15, 0.2) is 24.3 Å². The molecule has 1 aliphatic heterocycles. The number of hydrogen-bond donors (Lipinski definition) is 3. The van der Waals surface area contributed by atoms with Crippen LogP contribution in [0.25, 0.3) is 0 Å². The van der Waals surface area contributed by atoms with Crippen molar-refractivity contribution in [2.45, 2.75) is 44.6 Å². The van der Waals surface area contributed by atoms with Gasteiger partial charge in [0.05, 0.1) is 0 Å². The minimum absolute atomic E-state index is 0.0768. The lowest BCUT2D eigenvalue weighted by Gasteiger charge is -2.28. The van der Waals surface area contributed by atoms with Crippen molar-refractivity contribution in [1.82, 2.24) is 15.2 Å². The largest absolute Gasteiger partial charge is 0.372 e. The van der Waals surface area contributed by atoms with Gasteiger partial charge in [-0.05, 0) is 62.8 Å². The Balaban J connectivity index is 1.48. The van der Waals surface area contributed by atoms with Gasteiger partial charge in [0.2, 0.25) is 5.95 Å². The summed E-state index contributed by atoms with van der Waals surface area (Å²) in [5, 5.41) is 14.4. The molecule has 2 aromatic rings. The van der Waals surface area contributed by atoms with E-state index in [0.717, 1.165) is 31.6 Å². The quantitative estimate of drug-likeness (QED) is 0.720. The van der Waals surface area contributed by atoms with Crippen LogP contribution < -0.4 is 21.3 Å².